The third kappa shape index (κ3) is 1.20. The average Bonchev–Trinajstić information content (AvgIpc) is 2.49. The summed E-state index contributed by atoms with van der Waals surface area (Å²) in [6.45, 7) is 7.24. The van der Waals surface area contributed by atoms with E-state index in [0.29, 0.717) is 6.04 Å². The first-order valence-corrected chi connectivity index (χ1v) is 4.26. The van der Waals surface area contributed by atoms with Gasteiger partial charge in [-0.2, -0.15) is 0 Å². The fourth-order valence-corrected chi connectivity index (χ4v) is 1.43. The van der Waals surface area contributed by atoms with E-state index in [2.05, 4.69) is 34.3 Å². The Labute approximate surface area is 71.4 Å². The molecule has 0 bridgehead atoms. The van der Waals surface area contributed by atoms with Crippen molar-refractivity contribution in [2.45, 2.75) is 33.0 Å². The van der Waals surface area contributed by atoms with Crippen LogP contribution in [0.4, 0.5) is 0 Å². The Morgan fingerprint density at radius 3 is 2.92 bits per heavy atom. The van der Waals surface area contributed by atoms with Crippen LogP contribution in [0.2, 0.25) is 0 Å². The first kappa shape index (κ1) is 7.67. The van der Waals surface area contributed by atoms with Crippen LogP contribution in [0.1, 0.15) is 19.7 Å². The van der Waals surface area contributed by atoms with Crippen LogP contribution in [-0.2, 0) is 13.1 Å². The number of fused-ring (bicyclic) bond motifs is 1. The van der Waals surface area contributed by atoms with Gasteiger partial charge in [-0.3, -0.25) is 4.90 Å². The minimum atomic E-state index is 0.579. The summed E-state index contributed by atoms with van der Waals surface area (Å²) in [5.74, 6) is 0.981. The second-order valence-electron chi connectivity index (χ2n) is 3.38. The second-order valence-corrected chi connectivity index (χ2v) is 3.38. The fourth-order valence-electron chi connectivity index (χ4n) is 1.43. The van der Waals surface area contributed by atoms with Crippen molar-refractivity contribution >= 4 is 0 Å². The Bertz CT molecular complexity index is 267. The van der Waals surface area contributed by atoms with Crippen molar-refractivity contribution in [1.82, 2.24) is 25.1 Å². The molecule has 0 aromatic carbocycles. The van der Waals surface area contributed by atoms with Crippen LogP contribution in [0.25, 0.3) is 0 Å². The molecule has 5 heteroatoms. The molecule has 12 heavy (non-hydrogen) atoms. The van der Waals surface area contributed by atoms with Gasteiger partial charge in [0.2, 0.25) is 0 Å². The zero-order chi connectivity index (χ0) is 8.55. The Morgan fingerprint density at radius 1 is 1.33 bits per heavy atom. The summed E-state index contributed by atoms with van der Waals surface area (Å²) in [4.78, 5) is 2.37. The lowest BCUT2D eigenvalue weighted by Gasteiger charge is -2.29. The number of nitrogens with zero attached hydrogens (tertiary/aromatic N) is 5. The molecule has 0 unspecified atom stereocenters. The van der Waals surface area contributed by atoms with Gasteiger partial charge in [-0.1, -0.05) is 0 Å². The fraction of sp³-hybridized carbons (Fsp3) is 0.857. The topological polar surface area (TPSA) is 46.8 Å². The molecule has 0 saturated carbocycles. The third-order valence-electron chi connectivity index (χ3n) is 2.28. The molecule has 0 atom stereocenters. The van der Waals surface area contributed by atoms with E-state index >= 15 is 0 Å². The van der Waals surface area contributed by atoms with Crippen LogP contribution in [-0.4, -0.2) is 37.7 Å². The molecule has 0 N–H and O–H groups in total. The van der Waals surface area contributed by atoms with Crippen molar-refractivity contribution in [2.75, 3.05) is 6.54 Å². The van der Waals surface area contributed by atoms with E-state index in [1.54, 1.807) is 0 Å². The van der Waals surface area contributed by atoms with Gasteiger partial charge in [0.05, 0.1) is 13.1 Å². The van der Waals surface area contributed by atoms with Gasteiger partial charge in [-0.15, -0.1) is 5.10 Å². The van der Waals surface area contributed by atoms with Crippen LogP contribution < -0.4 is 0 Å². The van der Waals surface area contributed by atoms with Gasteiger partial charge in [0.25, 0.3) is 0 Å². The monoisotopic (exact) mass is 167 g/mol. The molecule has 0 amide bonds. The zero-order valence-corrected chi connectivity index (χ0v) is 7.43. The first-order chi connectivity index (χ1) is 5.77. The molecule has 0 spiro atoms. The zero-order valence-electron chi connectivity index (χ0n) is 7.43. The summed E-state index contributed by atoms with van der Waals surface area (Å²) < 4.78 is 1.87. The molecule has 5 nitrogen and oxygen atoms in total. The third-order valence-corrected chi connectivity index (χ3v) is 2.28. The van der Waals surface area contributed by atoms with Gasteiger partial charge >= 0.3 is 0 Å². The minimum Gasteiger partial charge on any atom is -0.292 e. The normalized spacial score (nSPS) is 18.2. The molecule has 66 valence electrons. The Balaban J connectivity index is 2.15. The molecule has 0 radical (unpaired) electrons. The summed E-state index contributed by atoms with van der Waals surface area (Å²) in [5.41, 5.74) is 0. The SMILES string of the molecule is CC(C)N1CCn2nnnc2C1. The molecule has 1 aliphatic heterocycles. The van der Waals surface area contributed by atoms with Gasteiger partial charge in [0.15, 0.2) is 5.82 Å². The summed E-state index contributed by atoms with van der Waals surface area (Å²) in [6, 6.07) is 0.579. The molecular weight excluding hydrogens is 154 g/mol. The average molecular weight is 167 g/mol. The molecule has 2 rings (SSSR count). The van der Waals surface area contributed by atoms with Crippen LogP contribution >= 0.6 is 0 Å². The summed E-state index contributed by atoms with van der Waals surface area (Å²) in [7, 11) is 0. The maximum absolute atomic E-state index is 3.95. The standard InChI is InChI=1S/C7H13N5/c1-6(2)11-3-4-12-7(5-11)8-9-10-12/h6H,3-5H2,1-2H3. The van der Waals surface area contributed by atoms with Gasteiger partial charge in [0, 0.05) is 12.6 Å². The minimum absolute atomic E-state index is 0.579. The maximum atomic E-state index is 3.95. The largest absolute Gasteiger partial charge is 0.292 e. The van der Waals surface area contributed by atoms with Crippen molar-refractivity contribution < 1.29 is 0 Å². The quantitative estimate of drug-likeness (QED) is 0.586. The number of aromatic nitrogens is 4. The predicted molar refractivity (Wildman–Crippen MR) is 43.4 cm³/mol. The molecular formula is C7H13N5. The first-order valence-electron chi connectivity index (χ1n) is 4.26. The van der Waals surface area contributed by atoms with Gasteiger partial charge < -0.3 is 0 Å². The summed E-state index contributed by atoms with van der Waals surface area (Å²) in [6.07, 6.45) is 0. The van der Waals surface area contributed by atoms with E-state index < -0.39 is 0 Å². The van der Waals surface area contributed by atoms with Crippen molar-refractivity contribution in [3.05, 3.63) is 5.82 Å². The lowest BCUT2D eigenvalue weighted by molar-refractivity contribution is 0.167. The Hall–Kier alpha value is -0.970. The van der Waals surface area contributed by atoms with Crippen LogP contribution in [0, 0.1) is 0 Å². The number of rotatable bonds is 1. The molecule has 1 aromatic rings. The van der Waals surface area contributed by atoms with E-state index in [-0.39, 0.29) is 0 Å². The molecule has 0 saturated heterocycles. The van der Waals surface area contributed by atoms with Gasteiger partial charge in [0.1, 0.15) is 0 Å². The molecule has 2 heterocycles. The smallest absolute Gasteiger partial charge is 0.165 e. The molecule has 1 aromatic heterocycles. The van der Waals surface area contributed by atoms with E-state index in [1.165, 1.54) is 0 Å². The number of tetrazole rings is 1. The summed E-state index contributed by atoms with van der Waals surface area (Å²) in [5, 5.41) is 11.5. The van der Waals surface area contributed by atoms with Crippen molar-refractivity contribution in [3.8, 4) is 0 Å². The van der Waals surface area contributed by atoms with Crippen molar-refractivity contribution in [3.63, 3.8) is 0 Å². The maximum Gasteiger partial charge on any atom is 0.165 e. The van der Waals surface area contributed by atoms with Crippen molar-refractivity contribution in [2.24, 2.45) is 0 Å². The number of hydrogen-bond donors (Lipinski definition) is 0. The van der Waals surface area contributed by atoms with E-state index in [0.717, 1.165) is 25.5 Å². The Morgan fingerprint density at radius 2 is 2.17 bits per heavy atom. The van der Waals surface area contributed by atoms with Crippen LogP contribution in [0.3, 0.4) is 0 Å². The lowest BCUT2D eigenvalue weighted by Crippen LogP contribution is -2.38. The van der Waals surface area contributed by atoms with Crippen LogP contribution in [0.5, 0.6) is 0 Å². The Kier molecular flexibility index (Phi) is 1.80. The second kappa shape index (κ2) is 2.82. The molecule has 0 fully saturated rings. The van der Waals surface area contributed by atoms with Crippen molar-refractivity contribution in [1.29, 1.82) is 0 Å². The van der Waals surface area contributed by atoms with E-state index in [4.69, 9.17) is 0 Å². The highest BCUT2D eigenvalue weighted by molar-refractivity contribution is 4.86. The summed E-state index contributed by atoms with van der Waals surface area (Å²) >= 11 is 0. The highest BCUT2D eigenvalue weighted by Crippen LogP contribution is 2.09. The highest BCUT2D eigenvalue weighted by atomic mass is 15.6. The highest BCUT2D eigenvalue weighted by Gasteiger charge is 2.19. The molecule has 0 aliphatic carbocycles. The predicted octanol–water partition coefficient (Wildman–Crippen LogP) is -0.103. The van der Waals surface area contributed by atoms with Crippen LogP contribution in [0.15, 0.2) is 0 Å². The van der Waals surface area contributed by atoms with E-state index in [9.17, 15) is 0 Å². The van der Waals surface area contributed by atoms with Gasteiger partial charge in [-0.25, -0.2) is 4.68 Å². The number of hydrogen-bond acceptors (Lipinski definition) is 4. The van der Waals surface area contributed by atoms with E-state index in [1.807, 2.05) is 4.68 Å². The lowest BCUT2D eigenvalue weighted by atomic mass is 10.3. The molecule has 1 aliphatic rings. The van der Waals surface area contributed by atoms with Gasteiger partial charge in [-0.05, 0) is 24.3 Å².